The lowest BCUT2D eigenvalue weighted by atomic mass is 9.88. The van der Waals surface area contributed by atoms with Gasteiger partial charge < -0.3 is 24.9 Å². The van der Waals surface area contributed by atoms with Crippen LogP contribution in [-0.2, 0) is 28.8 Å². The maximum absolute atomic E-state index is 11.5. The number of hydrogen-bond donors (Lipinski definition) is 3. The Bertz CT molecular complexity index is 462. The average molecular weight is 347 g/mol. The number of amides is 2. The lowest BCUT2D eigenvalue weighted by Crippen LogP contribution is -2.35. The first-order chi connectivity index (χ1) is 11.4. The summed E-state index contributed by atoms with van der Waals surface area (Å²) in [6.45, 7) is -1.57. The highest BCUT2D eigenvalue weighted by Gasteiger charge is 2.33. The van der Waals surface area contributed by atoms with Crippen LogP contribution in [0.5, 0.6) is 0 Å². The summed E-state index contributed by atoms with van der Waals surface area (Å²) in [7, 11) is 0. The number of ether oxygens (including phenoxy) is 1. The molecule has 0 radical (unpaired) electrons. The Morgan fingerprint density at radius 2 is 1.46 bits per heavy atom. The zero-order valence-electron chi connectivity index (χ0n) is 13.1. The fourth-order valence-electron chi connectivity index (χ4n) is 1.85. The molecule has 0 aromatic heterocycles. The Hall–Kier alpha value is -2.04. The van der Waals surface area contributed by atoms with Gasteiger partial charge in [-0.1, -0.05) is 0 Å². The van der Waals surface area contributed by atoms with Crippen LogP contribution in [-0.4, -0.2) is 70.6 Å². The Morgan fingerprint density at radius 3 is 1.96 bits per heavy atom. The predicted molar refractivity (Wildman–Crippen MR) is 75.7 cm³/mol. The maximum atomic E-state index is 11.5. The minimum absolute atomic E-state index is 0.0174. The SMILES string of the molecule is O=C(CCC(=O)ON1C(=O)CCC1=O)OCCC(CO)(CO)CO. The summed E-state index contributed by atoms with van der Waals surface area (Å²) >= 11 is 0. The molecule has 0 aliphatic carbocycles. The number of imide groups is 1. The number of aliphatic hydroxyl groups excluding tert-OH is 3. The molecule has 3 N–H and O–H groups in total. The molecule has 0 unspecified atom stereocenters. The molecule has 0 aromatic carbocycles. The van der Waals surface area contributed by atoms with Crippen LogP contribution in [0.3, 0.4) is 0 Å². The normalized spacial score (nSPS) is 14.9. The summed E-state index contributed by atoms with van der Waals surface area (Å²) < 4.78 is 4.84. The van der Waals surface area contributed by atoms with Crippen molar-refractivity contribution in [3.05, 3.63) is 0 Å². The predicted octanol–water partition coefficient (Wildman–Crippen LogP) is -1.73. The number of aliphatic hydroxyl groups is 3. The topological polar surface area (TPSA) is 151 Å². The van der Waals surface area contributed by atoms with Crippen LogP contribution >= 0.6 is 0 Å². The lowest BCUT2D eigenvalue weighted by Gasteiger charge is -2.26. The quantitative estimate of drug-likeness (QED) is 0.309. The molecule has 1 fully saturated rings. The van der Waals surface area contributed by atoms with Crippen molar-refractivity contribution in [3.63, 3.8) is 0 Å². The molecule has 1 rings (SSSR count). The van der Waals surface area contributed by atoms with E-state index >= 15 is 0 Å². The third-order valence-corrected chi connectivity index (χ3v) is 3.63. The molecule has 136 valence electrons. The second-order valence-corrected chi connectivity index (χ2v) is 5.49. The van der Waals surface area contributed by atoms with E-state index < -0.39 is 49.0 Å². The standard InChI is InChI=1S/C14H21NO9/c16-7-14(8-17,9-18)5-6-23-12(21)3-4-13(22)24-15-10(19)1-2-11(15)20/h16-18H,1-9H2. The van der Waals surface area contributed by atoms with Gasteiger partial charge in [0.2, 0.25) is 0 Å². The van der Waals surface area contributed by atoms with Gasteiger partial charge in [0.05, 0.1) is 39.3 Å². The van der Waals surface area contributed by atoms with E-state index in [1.807, 2.05) is 0 Å². The van der Waals surface area contributed by atoms with Crippen LogP contribution in [0.2, 0.25) is 0 Å². The summed E-state index contributed by atoms with van der Waals surface area (Å²) in [5.41, 5.74) is -1.14. The van der Waals surface area contributed by atoms with Crippen molar-refractivity contribution in [2.45, 2.75) is 32.1 Å². The van der Waals surface area contributed by atoms with Crippen molar-refractivity contribution >= 4 is 23.8 Å². The number of carbonyl (C=O) groups excluding carboxylic acids is 4. The van der Waals surface area contributed by atoms with Crippen LogP contribution in [0.15, 0.2) is 0 Å². The average Bonchev–Trinajstić information content (AvgIpc) is 2.89. The summed E-state index contributed by atoms with van der Waals surface area (Å²) in [6.07, 6.45) is -0.684. The summed E-state index contributed by atoms with van der Waals surface area (Å²) in [5, 5.41) is 27.7. The van der Waals surface area contributed by atoms with Crippen LogP contribution < -0.4 is 0 Å². The van der Waals surface area contributed by atoms with E-state index in [4.69, 9.17) is 20.1 Å². The van der Waals surface area contributed by atoms with Crippen LogP contribution in [0, 0.1) is 5.41 Å². The molecule has 10 nitrogen and oxygen atoms in total. The molecule has 1 aliphatic heterocycles. The monoisotopic (exact) mass is 347 g/mol. The summed E-state index contributed by atoms with van der Waals surface area (Å²) in [4.78, 5) is 50.1. The van der Waals surface area contributed by atoms with E-state index in [-0.39, 0.29) is 38.7 Å². The van der Waals surface area contributed by atoms with Gasteiger partial charge in [0.15, 0.2) is 0 Å². The first-order valence-corrected chi connectivity index (χ1v) is 7.42. The highest BCUT2D eigenvalue weighted by molar-refractivity contribution is 6.01. The van der Waals surface area contributed by atoms with E-state index in [1.54, 1.807) is 0 Å². The maximum Gasteiger partial charge on any atom is 0.333 e. The number of rotatable bonds is 10. The Labute approximate surface area is 137 Å². The van der Waals surface area contributed by atoms with E-state index in [2.05, 4.69) is 4.84 Å². The Balaban J connectivity index is 2.27. The van der Waals surface area contributed by atoms with Gasteiger partial charge in [-0.3, -0.25) is 14.4 Å². The van der Waals surface area contributed by atoms with E-state index in [1.165, 1.54) is 0 Å². The van der Waals surface area contributed by atoms with Gasteiger partial charge >= 0.3 is 11.9 Å². The van der Waals surface area contributed by atoms with Crippen molar-refractivity contribution in [3.8, 4) is 0 Å². The van der Waals surface area contributed by atoms with Crippen molar-refractivity contribution < 1.29 is 44.1 Å². The fourth-order valence-corrected chi connectivity index (χ4v) is 1.85. The summed E-state index contributed by atoms with van der Waals surface area (Å²) in [6, 6.07) is 0. The molecule has 0 bridgehead atoms. The third-order valence-electron chi connectivity index (χ3n) is 3.63. The molecule has 1 heterocycles. The van der Waals surface area contributed by atoms with E-state index in [0.717, 1.165) is 0 Å². The smallest absolute Gasteiger partial charge is 0.333 e. The molecule has 10 heteroatoms. The van der Waals surface area contributed by atoms with Crippen LogP contribution in [0.1, 0.15) is 32.1 Å². The molecule has 0 saturated carbocycles. The number of hydroxylamine groups is 2. The van der Waals surface area contributed by atoms with Crippen molar-refractivity contribution in [1.82, 2.24) is 5.06 Å². The van der Waals surface area contributed by atoms with Gasteiger partial charge in [0.25, 0.3) is 11.8 Å². The number of nitrogens with zero attached hydrogens (tertiary/aromatic N) is 1. The third kappa shape index (κ3) is 5.55. The molecule has 0 aromatic rings. The number of carbonyl (C=O) groups is 4. The van der Waals surface area contributed by atoms with Crippen molar-refractivity contribution in [2.24, 2.45) is 5.41 Å². The number of hydrogen-bond acceptors (Lipinski definition) is 9. The highest BCUT2D eigenvalue weighted by Crippen LogP contribution is 2.20. The zero-order valence-corrected chi connectivity index (χ0v) is 13.1. The van der Waals surface area contributed by atoms with Gasteiger partial charge in [-0.25, -0.2) is 4.79 Å². The molecule has 2 amide bonds. The van der Waals surface area contributed by atoms with Gasteiger partial charge in [-0.2, -0.15) is 0 Å². The van der Waals surface area contributed by atoms with Crippen LogP contribution in [0.4, 0.5) is 0 Å². The first-order valence-electron chi connectivity index (χ1n) is 7.42. The van der Waals surface area contributed by atoms with E-state index in [9.17, 15) is 19.2 Å². The number of esters is 1. The Morgan fingerprint density at radius 1 is 0.958 bits per heavy atom. The minimum Gasteiger partial charge on any atom is -0.466 e. The molecule has 1 aliphatic rings. The zero-order chi connectivity index (χ0) is 18.2. The van der Waals surface area contributed by atoms with Crippen molar-refractivity contribution in [2.75, 3.05) is 26.4 Å². The molecule has 0 atom stereocenters. The highest BCUT2D eigenvalue weighted by atomic mass is 16.7. The minimum atomic E-state index is -1.14. The van der Waals surface area contributed by atoms with Gasteiger partial charge in [-0.15, -0.1) is 5.06 Å². The molecule has 0 spiro atoms. The van der Waals surface area contributed by atoms with Crippen molar-refractivity contribution in [1.29, 1.82) is 0 Å². The fraction of sp³-hybridized carbons (Fsp3) is 0.714. The molecule has 1 saturated heterocycles. The van der Waals surface area contributed by atoms with E-state index in [0.29, 0.717) is 5.06 Å². The molecular weight excluding hydrogens is 326 g/mol. The lowest BCUT2D eigenvalue weighted by molar-refractivity contribution is -0.197. The molecule has 24 heavy (non-hydrogen) atoms. The van der Waals surface area contributed by atoms with Crippen LogP contribution in [0.25, 0.3) is 0 Å². The molecular formula is C14H21NO9. The first kappa shape index (κ1) is 20.0. The second kappa shape index (κ2) is 9.30. The Kier molecular flexibility index (Phi) is 7.75. The largest absolute Gasteiger partial charge is 0.466 e. The van der Waals surface area contributed by atoms with Gasteiger partial charge in [-0.05, 0) is 6.42 Å². The summed E-state index contributed by atoms with van der Waals surface area (Å²) in [5.74, 6) is -2.85. The second-order valence-electron chi connectivity index (χ2n) is 5.49. The van der Waals surface area contributed by atoms with Gasteiger partial charge in [0, 0.05) is 18.3 Å². The van der Waals surface area contributed by atoms with Gasteiger partial charge in [0.1, 0.15) is 0 Å².